The summed E-state index contributed by atoms with van der Waals surface area (Å²) in [6, 6.07) is 2.04. The van der Waals surface area contributed by atoms with Gasteiger partial charge in [-0.15, -0.1) is 11.3 Å². The Labute approximate surface area is 88.3 Å². The molecule has 0 radical (unpaired) electrons. The minimum absolute atomic E-state index is 0.563. The van der Waals surface area contributed by atoms with Gasteiger partial charge in [0.05, 0.1) is 12.9 Å². The molecule has 0 bridgehead atoms. The Bertz CT molecular complexity index is 407. The van der Waals surface area contributed by atoms with Crippen LogP contribution in [0.2, 0.25) is 0 Å². The second kappa shape index (κ2) is 3.51. The Hall–Kier alpha value is -0.810. The first-order valence-corrected chi connectivity index (χ1v) is 5.42. The van der Waals surface area contributed by atoms with Crippen molar-refractivity contribution in [3.8, 4) is 0 Å². The fraction of sp³-hybridized carbons (Fsp3) is 0.125. The molecule has 0 saturated carbocycles. The highest BCUT2D eigenvalue weighted by Crippen LogP contribution is 2.23. The van der Waals surface area contributed by atoms with Crippen LogP contribution in [-0.2, 0) is 6.54 Å². The molecule has 2 rings (SSSR count). The topological polar surface area (TPSA) is 43.8 Å². The van der Waals surface area contributed by atoms with E-state index >= 15 is 0 Å². The van der Waals surface area contributed by atoms with Crippen molar-refractivity contribution in [1.29, 1.82) is 0 Å². The number of nitrogens with zero attached hydrogens (tertiary/aromatic N) is 2. The lowest BCUT2D eigenvalue weighted by Crippen LogP contribution is -1.94. The molecule has 0 aliphatic rings. The minimum Gasteiger partial charge on any atom is -0.382 e. The monoisotopic (exact) mass is 257 g/mol. The van der Waals surface area contributed by atoms with Crippen LogP contribution in [0.15, 0.2) is 28.4 Å². The van der Waals surface area contributed by atoms with Crippen molar-refractivity contribution in [1.82, 2.24) is 9.55 Å². The van der Waals surface area contributed by atoms with Gasteiger partial charge in [-0.3, -0.25) is 0 Å². The number of imidazole rings is 1. The summed E-state index contributed by atoms with van der Waals surface area (Å²) in [7, 11) is 0. The molecule has 5 heteroatoms. The van der Waals surface area contributed by atoms with Gasteiger partial charge in [0.15, 0.2) is 0 Å². The zero-order valence-corrected chi connectivity index (χ0v) is 9.18. The summed E-state index contributed by atoms with van der Waals surface area (Å²) in [5.41, 5.74) is 5.51. The van der Waals surface area contributed by atoms with Crippen molar-refractivity contribution >= 4 is 33.1 Å². The lowest BCUT2D eigenvalue weighted by Gasteiger charge is -1.98. The number of nitrogens with two attached hydrogens (primary N) is 1. The molecule has 0 aliphatic carbocycles. The van der Waals surface area contributed by atoms with Crippen molar-refractivity contribution in [2.75, 3.05) is 5.73 Å². The Morgan fingerprint density at radius 2 is 2.46 bits per heavy atom. The van der Waals surface area contributed by atoms with Gasteiger partial charge >= 0.3 is 0 Å². The lowest BCUT2D eigenvalue weighted by atomic mass is 10.4. The summed E-state index contributed by atoms with van der Waals surface area (Å²) < 4.78 is 3.11. The summed E-state index contributed by atoms with van der Waals surface area (Å²) in [5.74, 6) is 0.563. The summed E-state index contributed by atoms with van der Waals surface area (Å²) >= 11 is 5.19. The van der Waals surface area contributed by atoms with Gasteiger partial charge in [-0.25, -0.2) is 4.98 Å². The first-order chi connectivity index (χ1) is 6.25. The standard InChI is InChI=1S/C8H8BrN3S/c9-6-1-2-13-7(6)3-12-4-8(10)11-5-12/h1-2,4-5H,3,10H2. The number of halogens is 1. The largest absolute Gasteiger partial charge is 0.382 e. The van der Waals surface area contributed by atoms with Crippen LogP contribution in [0.5, 0.6) is 0 Å². The fourth-order valence-corrected chi connectivity index (χ4v) is 2.55. The van der Waals surface area contributed by atoms with Crippen LogP contribution in [0.3, 0.4) is 0 Å². The zero-order valence-electron chi connectivity index (χ0n) is 6.77. The van der Waals surface area contributed by atoms with Crippen LogP contribution in [0, 0.1) is 0 Å². The molecule has 68 valence electrons. The lowest BCUT2D eigenvalue weighted by molar-refractivity contribution is 0.807. The highest BCUT2D eigenvalue weighted by molar-refractivity contribution is 9.10. The van der Waals surface area contributed by atoms with Crippen LogP contribution in [0.4, 0.5) is 5.82 Å². The Morgan fingerprint density at radius 3 is 3.00 bits per heavy atom. The van der Waals surface area contributed by atoms with E-state index in [9.17, 15) is 0 Å². The fourth-order valence-electron chi connectivity index (χ4n) is 1.07. The molecular weight excluding hydrogens is 250 g/mol. The highest BCUT2D eigenvalue weighted by Gasteiger charge is 2.02. The van der Waals surface area contributed by atoms with E-state index in [2.05, 4.69) is 26.3 Å². The second-order valence-corrected chi connectivity index (χ2v) is 4.52. The average molecular weight is 258 g/mol. The van der Waals surface area contributed by atoms with Crippen LogP contribution in [-0.4, -0.2) is 9.55 Å². The van der Waals surface area contributed by atoms with Crippen molar-refractivity contribution < 1.29 is 0 Å². The highest BCUT2D eigenvalue weighted by atomic mass is 79.9. The molecule has 0 atom stereocenters. The zero-order chi connectivity index (χ0) is 9.26. The quantitative estimate of drug-likeness (QED) is 0.898. The van der Waals surface area contributed by atoms with E-state index in [0.29, 0.717) is 5.82 Å². The first kappa shape index (κ1) is 8.77. The Morgan fingerprint density at radius 1 is 1.62 bits per heavy atom. The van der Waals surface area contributed by atoms with Crippen molar-refractivity contribution in [2.24, 2.45) is 0 Å². The maximum absolute atomic E-state index is 5.51. The molecule has 0 aromatic carbocycles. The molecular formula is C8H8BrN3S. The number of hydrogen-bond acceptors (Lipinski definition) is 3. The van der Waals surface area contributed by atoms with Gasteiger partial charge < -0.3 is 10.3 Å². The van der Waals surface area contributed by atoms with Gasteiger partial charge in [0.2, 0.25) is 0 Å². The van der Waals surface area contributed by atoms with Gasteiger partial charge in [-0.1, -0.05) is 0 Å². The molecule has 2 heterocycles. The number of hydrogen-bond donors (Lipinski definition) is 1. The molecule has 2 aromatic heterocycles. The van der Waals surface area contributed by atoms with Gasteiger partial charge in [0.25, 0.3) is 0 Å². The number of thiophene rings is 1. The van der Waals surface area contributed by atoms with Crippen LogP contribution < -0.4 is 5.73 Å². The van der Waals surface area contributed by atoms with Crippen LogP contribution in [0.25, 0.3) is 0 Å². The SMILES string of the molecule is Nc1cn(Cc2sccc2Br)cn1. The van der Waals surface area contributed by atoms with E-state index in [4.69, 9.17) is 5.73 Å². The number of nitrogen functional groups attached to an aromatic ring is 1. The molecule has 0 amide bonds. The summed E-state index contributed by atoms with van der Waals surface area (Å²) in [6.45, 7) is 0.822. The molecule has 2 aromatic rings. The predicted octanol–water partition coefficient (Wildman–Crippen LogP) is 2.34. The van der Waals surface area contributed by atoms with Crippen LogP contribution >= 0.6 is 27.3 Å². The third kappa shape index (κ3) is 1.92. The molecule has 0 aliphatic heterocycles. The number of anilines is 1. The van der Waals surface area contributed by atoms with Crippen molar-refractivity contribution in [3.05, 3.63) is 33.3 Å². The van der Waals surface area contributed by atoms with E-state index in [1.54, 1.807) is 17.7 Å². The molecule has 3 nitrogen and oxygen atoms in total. The first-order valence-electron chi connectivity index (χ1n) is 3.75. The van der Waals surface area contributed by atoms with E-state index < -0.39 is 0 Å². The molecule has 2 N–H and O–H groups in total. The van der Waals surface area contributed by atoms with Crippen molar-refractivity contribution in [3.63, 3.8) is 0 Å². The summed E-state index contributed by atoms with van der Waals surface area (Å²) in [5, 5.41) is 2.06. The van der Waals surface area contributed by atoms with E-state index in [-0.39, 0.29) is 0 Å². The van der Waals surface area contributed by atoms with Gasteiger partial charge in [-0.2, -0.15) is 0 Å². The predicted molar refractivity (Wildman–Crippen MR) is 57.8 cm³/mol. The van der Waals surface area contributed by atoms with Gasteiger partial charge in [0, 0.05) is 15.5 Å². The summed E-state index contributed by atoms with van der Waals surface area (Å²) in [4.78, 5) is 5.23. The van der Waals surface area contributed by atoms with Gasteiger partial charge in [-0.05, 0) is 27.4 Å². The third-order valence-corrected chi connectivity index (χ3v) is 3.58. The van der Waals surface area contributed by atoms with Gasteiger partial charge in [0.1, 0.15) is 5.82 Å². The van der Waals surface area contributed by atoms with E-state index in [0.717, 1.165) is 11.0 Å². The molecule has 0 fully saturated rings. The average Bonchev–Trinajstić information content (AvgIpc) is 2.64. The Balaban J connectivity index is 2.19. The minimum atomic E-state index is 0.563. The normalized spacial score (nSPS) is 10.5. The third-order valence-electron chi connectivity index (χ3n) is 1.67. The van der Waals surface area contributed by atoms with Crippen LogP contribution in [0.1, 0.15) is 4.88 Å². The molecule has 13 heavy (non-hydrogen) atoms. The van der Waals surface area contributed by atoms with E-state index in [1.807, 2.05) is 16.8 Å². The number of aromatic nitrogens is 2. The maximum Gasteiger partial charge on any atom is 0.141 e. The molecule has 0 spiro atoms. The summed E-state index contributed by atoms with van der Waals surface area (Å²) in [6.07, 6.45) is 3.56. The molecule has 0 unspecified atom stereocenters. The second-order valence-electron chi connectivity index (χ2n) is 2.66. The smallest absolute Gasteiger partial charge is 0.141 e. The number of rotatable bonds is 2. The van der Waals surface area contributed by atoms with E-state index in [1.165, 1.54) is 4.88 Å². The Kier molecular flexibility index (Phi) is 2.37. The maximum atomic E-state index is 5.51. The van der Waals surface area contributed by atoms with Crippen molar-refractivity contribution in [2.45, 2.75) is 6.54 Å². The molecule has 0 saturated heterocycles.